The number of hydrogen-bond donors (Lipinski definition) is 2. The zero-order chi connectivity index (χ0) is 15.6. The van der Waals surface area contributed by atoms with Gasteiger partial charge in [0.25, 0.3) is 0 Å². The lowest BCUT2D eigenvalue weighted by Crippen LogP contribution is -2.47. The number of aliphatic carboxylic acids is 1. The van der Waals surface area contributed by atoms with Crippen molar-refractivity contribution >= 4 is 11.9 Å². The number of halogens is 3. The molecule has 2 rings (SSSR count). The van der Waals surface area contributed by atoms with Crippen LogP contribution in [0.2, 0.25) is 0 Å². The minimum absolute atomic E-state index is 0.155. The van der Waals surface area contributed by atoms with Gasteiger partial charge in [-0.05, 0) is 24.5 Å². The van der Waals surface area contributed by atoms with Crippen molar-refractivity contribution in [3.63, 3.8) is 0 Å². The fourth-order valence-electron chi connectivity index (χ4n) is 2.26. The fraction of sp³-hybridized carbons (Fsp3) is 0.429. The summed E-state index contributed by atoms with van der Waals surface area (Å²) in [6.07, 6.45) is -3.86. The lowest BCUT2D eigenvalue weighted by Gasteiger charge is -2.32. The summed E-state index contributed by atoms with van der Waals surface area (Å²) in [4.78, 5) is 22.3. The molecule has 0 heterocycles. The Morgan fingerprint density at radius 3 is 2.52 bits per heavy atom. The van der Waals surface area contributed by atoms with Gasteiger partial charge in [0.2, 0.25) is 5.91 Å². The van der Waals surface area contributed by atoms with Crippen molar-refractivity contribution in [2.45, 2.75) is 31.5 Å². The smallest absolute Gasteiger partial charge is 0.416 e. The minimum Gasteiger partial charge on any atom is -0.481 e. The molecule has 7 heteroatoms. The Hall–Kier alpha value is -2.05. The quantitative estimate of drug-likeness (QED) is 0.896. The van der Waals surface area contributed by atoms with E-state index in [4.69, 9.17) is 5.11 Å². The Kier molecular flexibility index (Phi) is 4.20. The summed E-state index contributed by atoms with van der Waals surface area (Å²) in [5.74, 6) is -1.73. The van der Waals surface area contributed by atoms with Crippen molar-refractivity contribution in [1.29, 1.82) is 0 Å². The van der Waals surface area contributed by atoms with Crippen LogP contribution in [0.4, 0.5) is 13.2 Å². The second-order valence-corrected chi connectivity index (χ2v) is 5.15. The van der Waals surface area contributed by atoms with E-state index in [0.29, 0.717) is 12.8 Å². The highest BCUT2D eigenvalue weighted by molar-refractivity contribution is 5.79. The van der Waals surface area contributed by atoms with Crippen molar-refractivity contribution in [1.82, 2.24) is 5.32 Å². The van der Waals surface area contributed by atoms with Gasteiger partial charge >= 0.3 is 12.1 Å². The van der Waals surface area contributed by atoms with E-state index in [-0.39, 0.29) is 18.0 Å². The number of carbonyl (C=O) groups excluding carboxylic acids is 1. The summed E-state index contributed by atoms with van der Waals surface area (Å²) in [5, 5.41) is 11.3. The van der Waals surface area contributed by atoms with Crippen LogP contribution in [0, 0.1) is 5.92 Å². The van der Waals surface area contributed by atoms with Crippen LogP contribution in [-0.4, -0.2) is 23.0 Å². The van der Waals surface area contributed by atoms with Gasteiger partial charge in [-0.25, -0.2) is 0 Å². The van der Waals surface area contributed by atoms with Crippen LogP contribution in [0.3, 0.4) is 0 Å². The standard InChI is InChI=1S/C14H14F3NO3/c15-14(16,17)10-3-1-2-8(4-10)5-12(19)18-11-6-9(7-11)13(20)21/h1-4,9,11H,5-7H2,(H,18,19)(H,20,21). The molecule has 0 radical (unpaired) electrons. The molecule has 1 aliphatic carbocycles. The first kappa shape index (κ1) is 15.3. The molecule has 0 aliphatic heterocycles. The predicted octanol–water partition coefficient (Wildman–Crippen LogP) is 2.23. The molecule has 4 nitrogen and oxygen atoms in total. The van der Waals surface area contributed by atoms with E-state index in [1.807, 2.05) is 0 Å². The molecule has 114 valence electrons. The maximum absolute atomic E-state index is 12.5. The minimum atomic E-state index is -4.44. The molecule has 2 N–H and O–H groups in total. The number of rotatable bonds is 4. The van der Waals surface area contributed by atoms with Gasteiger partial charge in [-0.3, -0.25) is 9.59 Å². The first-order valence-electron chi connectivity index (χ1n) is 6.44. The zero-order valence-corrected chi connectivity index (χ0v) is 11.0. The maximum atomic E-state index is 12.5. The molecule has 21 heavy (non-hydrogen) atoms. The Morgan fingerprint density at radius 2 is 1.95 bits per heavy atom. The Morgan fingerprint density at radius 1 is 1.29 bits per heavy atom. The highest BCUT2D eigenvalue weighted by atomic mass is 19.4. The lowest BCUT2D eigenvalue weighted by atomic mass is 9.80. The predicted molar refractivity (Wildman–Crippen MR) is 67.4 cm³/mol. The van der Waals surface area contributed by atoms with E-state index in [1.54, 1.807) is 0 Å². The third-order valence-electron chi connectivity index (χ3n) is 3.47. The van der Waals surface area contributed by atoms with Gasteiger partial charge < -0.3 is 10.4 Å². The lowest BCUT2D eigenvalue weighted by molar-refractivity contribution is -0.146. The van der Waals surface area contributed by atoms with E-state index in [1.165, 1.54) is 12.1 Å². The number of alkyl halides is 3. The average molecular weight is 301 g/mol. The number of carboxylic acids is 1. The van der Waals surface area contributed by atoms with Crippen molar-refractivity contribution in [3.8, 4) is 0 Å². The number of benzene rings is 1. The number of carbonyl (C=O) groups is 2. The molecule has 0 atom stereocenters. The largest absolute Gasteiger partial charge is 0.481 e. The molecule has 0 unspecified atom stereocenters. The molecule has 0 bridgehead atoms. The molecule has 1 amide bonds. The third-order valence-corrected chi connectivity index (χ3v) is 3.47. The monoisotopic (exact) mass is 301 g/mol. The van der Waals surface area contributed by atoms with Crippen LogP contribution >= 0.6 is 0 Å². The number of amides is 1. The normalized spacial score (nSPS) is 21.5. The second-order valence-electron chi connectivity index (χ2n) is 5.15. The Labute approximate surface area is 119 Å². The number of nitrogens with one attached hydrogen (secondary N) is 1. The van der Waals surface area contributed by atoms with Crippen LogP contribution in [-0.2, 0) is 22.2 Å². The molecule has 0 aromatic heterocycles. The molecule has 0 spiro atoms. The molecule has 1 aromatic rings. The van der Waals surface area contributed by atoms with Gasteiger partial charge in [0.05, 0.1) is 17.9 Å². The Balaban J connectivity index is 1.88. The van der Waals surface area contributed by atoms with Gasteiger partial charge in [-0.15, -0.1) is 0 Å². The first-order valence-corrected chi connectivity index (χ1v) is 6.44. The molecule has 1 aliphatic rings. The Bertz CT molecular complexity index is 551. The van der Waals surface area contributed by atoms with Gasteiger partial charge in [0.1, 0.15) is 0 Å². The second kappa shape index (κ2) is 5.75. The summed E-state index contributed by atoms with van der Waals surface area (Å²) in [5.41, 5.74) is -0.515. The van der Waals surface area contributed by atoms with Gasteiger partial charge in [-0.2, -0.15) is 13.2 Å². The van der Waals surface area contributed by atoms with E-state index in [9.17, 15) is 22.8 Å². The van der Waals surface area contributed by atoms with E-state index in [2.05, 4.69) is 5.32 Å². The molecule has 1 saturated carbocycles. The first-order chi connectivity index (χ1) is 9.75. The molecular formula is C14H14F3NO3. The average Bonchev–Trinajstić information content (AvgIpc) is 2.32. The summed E-state index contributed by atoms with van der Waals surface area (Å²) in [6.45, 7) is 0. The molecule has 1 fully saturated rings. The van der Waals surface area contributed by atoms with Crippen LogP contribution in [0.1, 0.15) is 24.0 Å². The summed E-state index contributed by atoms with van der Waals surface area (Å²) >= 11 is 0. The molecular weight excluding hydrogens is 287 g/mol. The topological polar surface area (TPSA) is 66.4 Å². The summed E-state index contributed by atoms with van der Waals surface area (Å²) in [7, 11) is 0. The number of hydrogen-bond acceptors (Lipinski definition) is 2. The van der Waals surface area contributed by atoms with E-state index >= 15 is 0 Å². The third kappa shape index (κ3) is 3.96. The van der Waals surface area contributed by atoms with Crippen LogP contribution in [0.5, 0.6) is 0 Å². The van der Waals surface area contributed by atoms with Crippen LogP contribution in [0.15, 0.2) is 24.3 Å². The van der Waals surface area contributed by atoms with E-state index in [0.717, 1.165) is 12.1 Å². The maximum Gasteiger partial charge on any atom is 0.416 e. The number of carboxylic acid groups (broad SMARTS) is 1. The van der Waals surface area contributed by atoms with Crippen molar-refractivity contribution < 1.29 is 27.9 Å². The highest BCUT2D eigenvalue weighted by Gasteiger charge is 2.35. The zero-order valence-electron chi connectivity index (χ0n) is 11.0. The molecule has 1 aromatic carbocycles. The highest BCUT2D eigenvalue weighted by Crippen LogP contribution is 2.30. The molecule has 0 saturated heterocycles. The SMILES string of the molecule is O=C(Cc1cccc(C(F)(F)F)c1)NC1CC(C(=O)O)C1. The summed E-state index contributed by atoms with van der Waals surface area (Å²) < 4.78 is 37.6. The van der Waals surface area contributed by atoms with Gasteiger partial charge in [0, 0.05) is 6.04 Å². The fourth-order valence-corrected chi connectivity index (χ4v) is 2.26. The van der Waals surface area contributed by atoms with Crippen LogP contribution in [0.25, 0.3) is 0 Å². The van der Waals surface area contributed by atoms with Crippen LogP contribution < -0.4 is 5.32 Å². The van der Waals surface area contributed by atoms with Gasteiger partial charge in [0.15, 0.2) is 0 Å². The summed E-state index contributed by atoms with van der Waals surface area (Å²) in [6, 6.07) is 4.40. The van der Waals surface area contributed by atoms with Crippen molar-refractivity contribution in [2.75, 3.05) is 0 Å². The van der Waals surface area contributed by atoms with E-state index < -0.39 is 29.5 Å². The van der Waals surface area contributed by atoms with Crippen molar-refractivity contribution in [2.24, 2.45) is 5.92 Å². The van der Waals surface area contributed by atoms with Gasteiger partial charge in [-0.1, -0.05) is 18.2 Å². The van der Waals surface area contributed by atoms with Crippen molar-refractivity contribution in [3.05, 3.63) is 35.4 Å².